The number of carbonyl (C=O) groups is 1. The Kier molecular flexibility index (Phi) is 3.27. The maximum atomic E-state index is 10.4. The molecule has 0 heterocycles. The molecule has 0 fully saturated rings. The van der Waals surface area contributed by atoms with Crippen LogP contribution in [0.4, 0.5) is 4.79 Å². The Hall–Kier alpha value is -1.07. The summed E-state index contributed by atoms with van der Waals surface area (Å²) in [6.45, 7) is 0.440. The Labute approximate surface area is 84.0 Å². The van der Waals surface area contributed by atoms with Gasteiger partial charge in [-0.3, -0.25) is 0 Å². The number of primary amides is 1. The van der Waals surface area contributed by atoms with E-state index in [0.717, 1.165) is 5.56 Å². The summed E-state index contributed by atoms with van der Waals surface area (Å²) in [5, 5.41) is 0. The first-order valence-corrected chi connectivity index (χ1v) is 4.38. The van der Waals surface area contributed by atoms with Gasteiger partial charge in [0.1, 0.15) is 5.75 Å². The quantitative estimate of drug-likeness (QED) is 0.825. The van der Waals surface area contributed by atoms with Crippen molar-refractivity contribution in [2.75, 3.05) is 0 Å². The molecule has 0 atom stereocenters. The third-order valence-corrected chi connectivity index (χ3v) is 2.06. The zero-order valence-electron chi connectivity index (χ0n) is 6.79. The predicted octanol–water partition coefficient (Wildman–Crippen LogP) is 1.37. The van der Waals surface area contributed by atoms with E-state index in [2.05, 4.69) is 15.9 Å². The molecule has 0 saturated carbocycles. The van der Waals surface area contributed by atoms with E-state index in [1.54, 1.807) is 18.2 Å². The second kappa shape index (κ2) is 4.25. The summed E-state index contributed by atoms with van der Waals surface area (Å²) in [5.41, 5.74) is 11.2. The van der Waals surface area contributed by atoms with E-state index in [4.69, 9.17) is 16.2 Å². The number of nitrogens with two attached hydrogens (primary N) is 2. The molecule has 0 saturated heterocycles. The van der Waals surface area contributed by atoms with Gasteiger partial charge in [0, 0.05) is 6.54 Å². The van der Waals surface area contributed by atoms with E-state index < -0.39 is 6.09 Å². The minimum absolute atomic E-state index is 0.393. The monoisotopic (exact) mass is 244 g/mol. The highest BCUT2D eigenvalue weighted by atomic mass is 79.9. The first-order chi connectivity index (χ1) is 6.13. The molecule has 0 aliphatic rings. The van der Waals surface area contributed by atoms with Gasteiger partial charge in [0.15, 0.2) is 0 Å². The fourth-order valence-electron chi connectivity index (χ4n) is 0.862. The van der Waals surface area contributed by atoms with Gasteiger partial charge in [-0.25, -0.2) is 4.79 Å². The molecule has 1 aromatic carbocycles. The standard InChI is InChI=1S/C8H9BrN2O2/c9-6-3-5(4-10)1-2-7(6)13-8(11)12/h1-3H,4,10H2,(H2,11,12). The molecular formula is C8H9BrN2O2. The Bertz CT molecular complexity index is 328. The third-order valence-electron chi connectivity index (χ3n) is 1.44. The number of amides is 1. The first-order valence-electron chi connectivity index (χ1n) is 3.59. The number of rotatable bonds is 2. The van der Waals surface area contributed by atoms with Crippen molar-refractivity contribution in [3.8, 4) is 5.75 Å². The number of benzene rings is 1. The number of halogens is 1. The van der Waals surface area contributed by atoms with E-state index in [1.807, 2.05) is 0 Å². The van der Waals surface area contributed by atoms with E-state index >= 15 is 0 Å². The number of hydrogen-bond donors (Lipinski definition) is 2. The van der Waals surface area contributed by atoms with Gasteiger partial charge in [0.25, 0.3) is 0 Å². The third kappa shape index (κ3) is 2.71. The van der Waals surface area contributed by atoms with Crippen molar-refractivity contribution in [3.05, 3.63) is 28.2 Å². The molecule has 4 N–H and O–H groups in total. The fraction of sp³-hybridized carbons (Fsp3) is 0.125. The topological polar surface area (TPSA) is 78.3 Å². The van der Waals surface area contributed by atoms with Crippen LogP contribution < -0.4 is 16.2 Å². The normalized spacial score (nSPS) is 9.69. The average Bonchev–Trinajstić information content (AvgIpc) is 2.08. The molecule has 0 bridgehead atoms. The van der Waals surface area contributed by atoms with Gasteiger partial charge in [-0.2, -0.15) is 0 Å². The predicted molar refractivity (Wildman–Crippen MR) is 52.2 cm³/mol. The first kappa shape index (κ1) is 10.0. The van der Waals surface area contributed by atoms with Crippen molar-refractivity contribution in [1.29, 1.82) is 0 Å². The molecule has 1 amide bonds. The number of ether oxygens (including phenoxy) is 1. The molecule has 1 rings (SSSR count). The summed E-state index contributed by atoms with van der Waals surface area (Å²) in [4.78, 5) is 10.4. The molecule has 5 heteroatoms. The lowest BCUT2D eigenvalue weighted by molar-refractivity contribution is 0.210. The van der Waals surface area contributed by atoms with Gasteiger partial charge < -0.3 is 16.2 Å². The van der Waals surface area contributed by atoms with Gasteiger partial charge in [-0.1, -0.05) is 6.07 Å². The molecule has 13 heavy (non-hydrogen) atoms. The summed E-state index contributed by atoms with van der Waals surface area (Å²) >= 11 is 3.23. The van der Waals surface area contributed by atoms with Crippen LogP contribution >= 0.6 is 15.9 Å². The second-order valence-electron chi connectivity index (χ2n) is 2.39. The maximum Gasteiger partial charge on any atom is 0.410 e. The van der Waals surface area contributed by atoms with E-state index in [0.29, 0.717) is 16.8 Å². The van der Waals surface area contributed by atoms with E-state index in [-0.39, 0.29) is 0 Å². The van der Waals surface area contributed by atoms with Crippen LogP contribution in [0.1, 0.15) is 5.56 Å². The van der Waals surface area contributed by atoms with Crippen LogP contribution in [0.2, 0.25) is 0 Å². The minimum Gasteiger partial charge on any atom is -0.409 e. The number of hydrogen-bond acceptors (Lipinski definition) is 3. The van der Waals surface area contributed by atoms with Crippen molar-refractivity contribution in [2.45, 2.75) is 6.54 Å². The largest absolute Gasteiger partial charge is 0.410 e. The summed E-state index contributed by atoms with van der Waals surface area (Å²) < 4.78 is 5.36. The van der Waals surface area contributed by atoms with Crippen molar-refractivity contribution in [1.82, 2.24) is 0 Å². The highest BCUT2D eigenvalue weighted by Crippen LogP contribution is 2.25. The molecule has 0 aliphatic carbocycles. The molecule has 4 nitrogen and oxygen atoms in total. The van der Waals surface area contributed by atoms with Crippen LogP contribution in [0.5, 0.6) is 5.75 Å². The van der Waals surface area contributed by atoms with E-state index in [1.165, 1.54) is 0 Å². The smallest absolute Gasteiger partial charge is 0.409 e. The number of carbonyl (C=O) groups excluding carboxylic acids is 1. The van der Waals surface area contributed by atoms with Gasteiger partial charge in [0.05, 0.1) is 4.47 Å². The highest BCUT2D eigenvalue weighted by molar-refractivity contribution is 9.10. The van der Waals surface area contributed by atoms with Crippen LogP contribution in [-0.2, 0) is 6.54 Å². The molecule has 1 aromatic rings. The summed E-state index contributed by atoms with van der Waals surface area (Å²) in [6.07, 6.45) is -0.832. The Morgan fingerprint density at radius 3 is 2.69 bits per heavy atom. The highest BCUT2D eigenvalue weighted by Gasteiger charge is 2.04. The Morgan fingerprint density at radius 2 is 2.23 bits per heavy atom. The van der Waals surface area contributed by atoms with Gasteiger partial charge in [0.2, 0.25) is 0 Å². The summed E-state index contributed by atoms with van der Waals surface area (Å²) in [5.74, 6) is 0.393. The summed E-state index contributed by atoms with van der Waals surface area (Å²) in [7, 11) is 0. The van der Waals surface area contributed by atoms with Crippen LogP contribution in [0.25, 0.3) is 0 Å². The lowest BCUT2D eigenvalue weighted by Gasteiger charge is -2.04. The average molecular weight is 245 g/mol. The van der Waals surface area contributed by atoms with Crippen LogP contribution in [0.3, 0.4) is 0 Å². The molecule has 0 aliphatic heterocycles. The second-order valence-corrected chi connectivity index (χ2v) is 3.24. The van der Waals surface area contributed by atoms with Crippen LogP contribution in [0, 0.1) is 0 Å². The Morgan fingerprint density at radius 1 is 1.54 bits per heavy atom. The zero-order valence-corrected chi connectivity index (χ0v) is 8.37. The van der Waals surface area contributed by atoms with E-state index in [9.17, 15) is 4.79 Å². The molecule has 0 aromatic heterocycles. The lowest BCUT2D eigenvalue weighted by atomic mass is 10.2. The van der Waals surface area contributed by atoms with Gasteiger partial charge in [-0.05, 0) is 33.6 Å². The molecular weight excluding hydrogens is 236 g/mol. The van der Waals surface area contributed by atoms with Crippen molar-refractivity contribution < 1.29 is 9.53 Å². The van der Waals surface area contributed by atoms with Crippen molar-refractivity contribution in [3.63, 3.8) is 0 Å². The Balaban J connectivity index is 2.91. The van der Waals surface area contributed by atoms with Crippen LogP contribution in [-0.4, -0.2) is 6.09 Å². The molecule has 70 valence electrons. The summed E-state index contributed by atoms with van der Waals surface area (Å²) in [6, 6.07) is 5.18. The zero-order chi connectivity index (χ0) is 9.84. The SMILES string of the molecule is NCc1ccc(OC(N)=O)c(Br)c1. The molecule has 0 radical (unpaired) electrons. The van der Waals surface area contributed by atoms with Gasteiger partial charge >= 0.3 is 6.09 Å². The van der Waals surface area contributed by atoms with Gasteiger partial charge in [-0.15, -0.1) is 0 Å². The van der Waals surface area contributed by atoms with Crippen molar-refractivity contribution >= 4 is 22.0 Å². The molecule has 0 unspecified atom stereocenters. The molecule has 0 spiro atoms. The fourth-order valence-corrected chi connectivity index (χ4v) is 1.37. The maximum absolute atomic E-state index is 10.4. The lowest BCUT2D eigenvalue weighted by Crippen LogP contribution is -2.16. The van der Waals surface area contributed by atoms with Crippen LogP contribution in [0.15, 0.2) is 22.7 Å². The van der Waals surface area contributed by atoms with Crippen molar-refractivity contribution in [2.24, 2.45) is 11.5 Å². The minimum atomic E-state index is -0.832.